The molecule has 3 aromatic rings. The molecule has 0 aliphatic heterocycles. The van der Waals surface area contributed by atoms with Crippen molar-refractivity contribution in [2.75, 3.05) is 31.0 Å². The number of nitrogens with one attached hydrogen (secondary N) is 1. The Balaban J connectivity index is 1.73. The molecule has 29 heavy (non-hydrogen) atoms. The van der Waals surface area contributed by atoms with Crippen LogP contribution in [-0.2, 0) is 6.54 Å². The van der Waals surface area contributed by atoms with E-state index in [0.29, 0.717) is 23.0 Å². The Morgan fingerprint density at radius 2 is 1.79 bits per heavy atom. The van der Waals surface area contributed by atoms with E-state index in [2.05, 4.69) is 39.5 Å². The molecule has 1 heterocycles. The highest BCUT2D eigenvalue weighted by Gasteiger charge is 2.14. The Hall–Kier alpha value is -3.61. The normalized spacial score (nSPS) is 10.3. The molecule has 0 fully saturated rings. The Morgan fingerprint density at radius 1 is 1.00 bits per heavy atom. The molecule has 0 aliphatic carbocycles. The van der Waals surface area contributed by atoms with Gasteiger partial charge in [-0.15, -0.1) is 10.2 Å². The first-order chi connectivity index (χ1) is 14.1. The average molecular weight is 392 g/mol. The zero-order chi connectivity index (χ0) is 20.6. The van der Waals surface area contributed by atoms with Gasteiger partial charge in [-0.25, -0.2) is 0 Å². The molecule has 2 aromatic carbocycles. The summed E-state index contributed by atoms with van der Waals surface area (Å²) < 4.78 is 10.5. The van der Waals surface area contributed by atoms with E-state index in [1.54, 1.807) is 37.4 Å². The van der Waals surface area contributed by atoms with Crippen molar-refractivity contribution in [3.8, 4) is 11.5 Å². The average Bonchev–Trinajstić information content (AvgIpc) is 2.78. The number of rotatable bonds is 8. The molecule has 0 atom stereocenters. The zero-order valence-corrected chi connectivity index (χ0v) is 16.8. The minimum Gasteiger partial charge on any atom is -0.497 e. The summed E-state index contributed by atoms with van der Waals surface area (Å²) in [6.07, 6.45) is 0. The van der Waals surface area contributed by atoms with Crippen LogP contribution >= 0.6 is 0 Å². The Bertz CT molecular complexity index is 946. The summed E-state index contributed by atoms with van der Waals surface area (Å²) in [6, 6.07) is 18.8. The number of nitrogens with zero attached hydrogens (tertiary/aromatic N) is 3. The number of carbonyl (C=O) groups is 1. The Kier molecular flexibility index (Phi) is 6.63. The predicted octanol–water partition coefficient (Wildman–Crippen LogP) is 3.77. The minimum absolute atomic E-state index is 0.217. The van der Waals surface area contributed by atoms with E-state index in [1.165, 1.54) is 12.7 Å². The number of benzene rings is 2. The van der Waals surface area contributed by atoms with Crippen molar-refractivity contribution in [3.05, 3.63) is 71.9 Å². The molecule has 7 nitrogen and oxygen atoms in total. The Morgan fingerprint density at radius 3 is 2.41 bits per heavy atom. The molecule has 0 spiro atoms. The fourth-order valence-corrected chi connectivity index (χ4v) is 2.87. The van der Waals surface area contributed by atoms with Crippen LogP contribution in [0.4, 0.5) is 11.5 Å². The fraction of sp³-hybridized carbons (Fsp3) is 0.227. The van der Waals surface area contributed by atoms with E-state index >= 15 is 0 Å². The van der Waals surface area contributed by atoms with E-state index in [1.807, 2.05) is 18.2 Å². The largest absolute Gasteiger partial charge is 0.497 e. The van der Waals surface area contributed by atoms with Gasteiger partial charge in [0.1, 0.15) is 11.5 Å². The first-order valence-corrected chi connectivity index (χ1v) is 9.30. The van der Waals surface area contributed by atoms with Gasteiger partial charge in [-0.3, -0.25) is 4.79 Å². The van der Waals surface area contributed by atoms with Crippen molar-refractivity contribution < 1.29 is 14.3 Å². The molecular weight excluding hydrogens is 368 g/mol. The number of carbonyl (C=O) groups excluding carboxylic acids is 1. The molecule has 0 radical (unpaired) electrons. The maximum Gasteiger partial charge on any atom is 0.276 e. The molecule has 0 saturated carbocycles. The van der Waals surface area contributed by atoms with Crippen molar-refractivity contribution >= 4 is 17.4 Å². The van der Waals surface area contributed by atoms with E-state index in [0.717, 1.165) is 13.1 Å². The van der Waals surface area contributed by atoms with Gasteiger partial charge in [0, 0.05) is 19.2 Å². The summed E-state index contributed by atoms with van der Waals surface area (Å²) in [4.78, 5) is 14.7. The SMILES string of the molecule is CCN(Cc1ccccc1)c1ccc(C(=O)Nc2cc(OC)ccc2OC)nn1. The van der Waals surface area contributed by atoms with Crippen LogP contribution in [0.25, 0.3) is 0 Å². The summed E-state index contributed by atoms with van der Waals surface area (Å²) in [5.41, 5.74) is 1.90. The van der Waals surface area contributed by atoms with Crippen LogP contribution in [0.5, 0.6) is 11.5 Å². The number of hydrogen-bond acceptors (Lipinski definition) is 6. The van der Waals surface area contributed by atoms with Crippen LogP contribution in [0.15, 0.2) is 60.7 Å². The molecule has 1 amide bonds. The standard InChI is InChI=1S/C22H24N4O3/c1-4-26(15-16-8-6-5-7-9-16)21-13-11-18(24-25-21)22(27)23-19-14-17(28-2)10-12-20(19)29-3/h5-14H,4,15H2,1-3H3,(H,23,27). The third-order valence-electron chi connectivity index (χ3n) is 4.46. The summed E-state index contributed by atoms with van der Waals surface area (Å²) in [7, 11) is 3.10. The molecule has 7 heteroatoms. The number of amides is 1. The van der Waals surface area contributed by atoms with Crippen LogP contribution in [0.3, 0.4) is 0 Å². The number of anilines is 2. The van der Waals surface area contributed by atoms with Gasteiger partial charge in [-0.05, 0) is 36.8 Å². The van der Waals surface area contributed by atoms with E-state index in [9.17, 15) is 4.79 Å². The topological polar surface area (TPSA) is 76.6 Å². The monoisotopic (exact) mass is 392 g/mol. The van der Waals surface area contributed by atoms with Gasteiger partial charge >= 0.3 is 0 Å². The fourth-order valence-electron chi connectivity index (χ4n) is 2.87. The van der Waals surface area contributed by atoms with Crippen LogP contribution in [0.1, 0.15) is 23.0 Å². The van der Waals surface area contributed by atoms with E-state index in [-0.39, 0.29) is 11.6 Å². The summed E-state index contributed by atoms with van der Waals surface area (Å²) in [6.45, 7) is 3.55. The van der Waals surface area contributed by atoms with Crippen molar-refractivity contribution in [2.24, 2.45) is 0 Å². The van der Waals surface area contributed by atoms with Crippen LogP contribution in [0.2, 0.25) is 0 Å². The zero-order valence-electron chi connectivity index (χ0n) is 16.8. The van der Waals surface area contributed by atoms with Crippen molar-refractivity contribution in [3.63, 3.8) is 0 Å². The molecule has 0 aliphatic rings. The number of methoxy groups -OCH3 is 2. The lowest BCUT2D eigenvalue weighted by atomic mass is 10.2. The maximum absolute atomic E-state index is 12.6. The number of hydrogen-bond donors (Lipinski definition) is 1. The summed E-state index contributed by atoms with van der Waals surface area (Å²) in [5.74, 6) is 1.49. The molecule has 150 valence electrons. The van der Waals surface area contributed by atoms with Gasteiger partial charge in [0.2, 0.25) is 0 Å². The summed E-state index contributed by atoms with van der Waals surface area (Å²) >= 11 is 0. The quantitative estimate of drug-likeness (QED) is 0.629. The lowest BCUT2D eigenvalue weighted by Crippen LogP contribution is -2.24. The molecule has 3 rings (SSSR count). The highest BCUT2D eigenvalue weighted by atomic mass is 16.5. The van der Waals surface area contributed by atoms with Crippen LogP contribution in [0, 0.1) is 0 Å². The van der Waals surface area contributed by atoms with Gasteiger partial charge in [0.15, 0.2) is 11.5 Å². The lowest BCUT2D eigenvalue weighted by molar-refractivity contribution is 0.102. The highest BCUT2D eigenvalue weighted by Crippen LogP contribution is 2.29. The summed E-state index contributed by atoms with van der Waals surface area (Å²) in [5, 5.41) is 11.1. The van der Waals surface area contributed by atoms with E-state index in [4.69, 9.17) is 9.47 Å². The van der Waals surface area contributed by atoms with Crippen molar-refractivity contribution in [1.29, 1.82) is 0 Å². The van der Waals surface area contributed by atoms with Gasteiger partial charge < -0.3 is 19.7 Å². The third-order valence-corrected chi connectivity index (χ3v) is 4.46. The second-order valence-corrected chi connectivity index (χ2v) is 6.30. The van der Waals surface area contributed by atoms with Crippen molar-refractivity contribution in [1.82, 2.24) is 10.2 Å². The third kappa shape index (κ3) is 5.01. The first-order valence-electron chi connectivity index (χ1n) is 9.30. The molecule has 0 bridgehead atoms. The second-order valence-electron chi connectivity index (χ2n) is 6.30. The van der Waals surface area contributed by atoms with Gasteiger partial charge in [-0.2, -0.15) is 0 Å². The lowest BCUT2D eigenvalue weighted by Gasteiger charge is -2.21. The first kappa shape index (κ1) is 20.1. The number of aromatic nitrogens is 2. The number of ether oxygens (including phenoxy) is 2. The van der Waals surface area contributed by atoms with Gasteiger partial charge in [0.05, 0.1) is 19.9 Å². The molecule has 0 unspecified atom stereocenters. The predicted molar refractivity (Wildman–Crippen MR) is 113 cm³/mol. The van der Waals surface area contributed by atoms with Crippen LogP contribution in [-0.4, -0.2) is 36.9 Å². The molecular formula is C22H24N4O3. The van der Waals surface area contributed by atoms with Gasteiger partial charge in [-0.1, -0.05) is 30.3 Å². The van der Waals surface area contributed by atoms with Crippen molar-refractivity contribution in [2.45, 2.75) is 13.5 Å². The van der Waals surface area contributed by atoms with Gasteiger partial charge in [0.25, 0.3) is 5.91 Å². The van der Waals surface area contributed by atoms with Crippen LogP contribution < -0.4 is 19.7 Å². The molecule has 0 saturated heterocycles. The minimum atomic E-state index is -0.373. The molecule has 1 N–H and O–H groups in total. The Labute approximate surface area is 170 Å². The highest BCUT2D eigenvalue weighted by molar-refractivity contribution is 6.03. The smallest absolute Gasteiger partial charge is 0.276 e. The molecule has 1 aromatic heterocycles. The maximum atomic E-state index is 12.6. The second kappa shape index (κ2) is 9.54. The van der Waals surface area contributed by atoms with E-state index < -0.39 is 0 Å².